The molecule has 0 spiro atoms. The summed E-state index contributed by atoms with van der Waals surface area (Å²) in [5, 5.41) is 11.3. The van der Waals surface area contributed by atoms with Gasteiger partial charge in [-0.3, -0.25) is 9.89 Å². The second kappa shape index (κ2) is 6.72. The fourth-order valence-corrected chi connectivity index (χ4v) is 3.52. The van der Waals surface area contributed by atoms with Gasteiger partial charge in [-0.15, -0.1) is 0 Å². The van der Waals surface area contributed by atoms with E-state index in [1.165, 1.54) is 0 Å². The quantitative estimate of drug-likeness (QED) is 0.610. The number of fused-ring (bicyclic) bond motifs is 1. The number of amides is 1. The van der Waals surface area contributed by atoms with Crippen LogP contribution in [0.4, 0.5) is 5.69 Å². The van der Waals surface area contributed by atoms with Gasteiger partial charge in [-0.1, -0.05) is 23.2 Å². The molecule has 5 rings (SSSR count). The molecule has 0 radical (unpaired) electrons. The highest BCUT2D eigenvalue weighted by atomic mass is 35.5. The van der Waals surface area contributed by atoms with Gasteiger partial charge in [0.25, 0.3) is 5.91 Å². The SMILES string of the molecule is O=C(Nc1c(-c2ccc3c(c2)OCO3)n[nH]c1C1CC1)c1ccc(Cl)c(Cl)c1. The molecule has 1 saturated carbocycles. The lowest BCUT2D eigenvalue weighted by atomic mass is 10.1. The third-order valence-electron chi connectivity index (χ3n) is 4.85. The van der Waals surface area contributed by atoms with Crippen LogP contribution in [0.5, 0.6) is 11.5 Å². The highest BCUT2D eigenvalue weighted by Crippen LogP contribution is 2.46. The maximum absolute atomic E-state index is 12.8. The van der Waals surface area contributed by atoms with Crippen molar-refractivity contribution in [3.63, 3.8) is 0 Å². The number of carbonyl (C=O) groups is 1. The van der Waals surface area contributed by atoms with Gasteiger partial charge in [-0.25, -0.2) is 0 Å². The lowest BCUT2D eigenvalue weighted by Gasteiger charge is -2.09. The maximum Gasteiger partial charge on any atom is 0.255 e. The standard InChI is InChI=1S/C20H15Cl2N3O3/c21-13-5-3-12(7-14(13)22)20(26)23-19-17(10-1-2-10)24-25-18(19)11-4-6-15-16(8-11)28-9-27-15/h3-8,10H,1-2,9H2,(H,23,26)(H,24,25). The summed E-state index contributed by atoms with van der Waals surface area (Å²) in [6.45, 7) is 0.202. The van der Waals surface area contributed by atoms with Gasteiger partial charge in [-0.2, -0.15) is 5.10 Å². The molecule has 142 valence electrons. The minimum atomic E-state index is -0.274. The van der Waals surface area contributed by atoms with Crippen molar-refractivity contribution in [3.05, 3.63) is 57.7 Å². The third kappa shape index (κ3) is 3.08. The Kier molecular flexibility index (Phi) is 4.18. The Balaban J connectivity index is 1.52. The first-order valence-corrected chi connectivity index (χ1v) is 9.60. The number of hydrogen-bond donors (Lipinski definition) is 2. The monoisotopic (exact) mass is 415 g/mol. The highest BCUT2D eigenvalue weighted by molar-refractivity contribution is 6.42. The number of H-pyrrole nitrogens is 1. The molecule has 28 heavy (non-hydrogen) atoms. The summed E-state index contributed by atoms with van der Waals surface area (Å²) < 4.78 is 10.8. The van der Waals surface area contributed by atoms with Crippen LogP contribution in [-0.2, 0) is 0 Å². The van der Waals surface area contributed by atoms with Crippen LogP contribution in [0.25, 0.3) is 11.3 Å². The molecule has 1 fully saturated rings. The van der Waals surface area contributed by atoms with Crippen LogP contribution >= 0.6 is 23.2 Å². The highest BCUT2D eigenvalue weighted by Gasteiger charge is 2.31. The van der Waals surface area contributed by atoms with Gasteiger partial charge in [-0.05, 0) is 49.2 Å². The van der Waals surface area contributed by atoms with Gasteiger partial charge in [0.2, 0.25) is 6.79 Å². The van der Waals surface area contributed by atoms with Crippen molar-refractivity contribution in [2.75, 3.05) is 12.1 Å². The summed E-state index contributed by atoms with van der Waals surface area (Å²) in [4.78, 5) is 12.8. The Morgan fingerprint density at radius 3 is 2.68 bits per heavy atom. The largest absolute Gasteiger partial charge is 0.454 e. The van der Waals surface area contributed by atoms with Crippen LogP contribution in [0.15, 0.2) is 36.4 Å². The van der Waals surface area contributed by atoms with Crippen LogP contribution in [0.1, 0.15) is 34.8 Å². The number of nitrogens with zero attached hydrogens (tertiary/aromatic N) is 1. The lowest BCUT2D eigenvalue weighted by Crippen LogP contribution is -2.13. The Labute approximate surface area is 170 Å². The van der Waals surface area contributed by atoms with Crippen molar-refractivity contribution in [3.8, 4) is 22.8 Å². The number of aromatic amines is 1. The van der Waals surface area contributed by atoms with E-state index in [-0.39, 0.29) is 12.7 Å². The summed E-state index contributed by atoms with van der Waals surface area (Å²) in [6, 6.07) is 10.4. The van der Waals surface area contributed by atoms with Crippen molar-refractivity contribution in [2.45, 2.75) is 18.8 Å². The number of rotatable bonds is 4. The molecule has 2 aromatic carbocycles. The van der Waals surface area contributed by atoms with Gasteiger partial charge >= 0.3 is 0 Å². The summed E-state index contributed by atoms with van der Waals surface area (Å²) in [5.74, 6) is 1.46. The summed E-state index contributed by atoms with van der Waals surface area (Å²) >= 11 is 12.0. The van der Waals surface area contributed by atoms with Crippen LogP contribution in [0, 0.1) is 0 Å². The average Bonchev–Trinajstić information content (AvgIpc) is 3.28. The molecule has 2 aliphatic rings. The van der Waals surface area contributed by atoms with Gasteiger partial charge in [0.1, 0.15) is 5.69 Å². The van der Waals surface area contributed by atoms with Crippen molar-refractivity contribution in [1.29, 1.82) is 0 Å². The first kappa shape index (κ1) is 17.4. The van der Waals surface area contributed by atoms with Crippen molar-refractivity contribution in [2.24, 2.45) is 0 Å². The number of carbonyl (C=O) groups excluding carboxylic acids is 1. The van der Waals surface area contributed by atoms with E-state index >= 15 is 0 Å². The predicted octanol–water partition coefficient (Wildman–Crippen LogP) is 5.24. The molecule has 0 atom stereocenters. The van der Waals surface area contributed by atoms with Crippen LogP contribution in [0.3, 0.4) is 0 Å². The molecule has 1 aliphatic carbocycles. The number of ether oxygens (including phenoxy) is 2. The van der Waals surface area contributed by atoms with E-state index in [2.05, 4.69) is 15.5 Å². The van der Waals surface area contributed by atoms with E-state index in [0.29, 0.717) is 44.4 Å². The van der Waals surface area contributed by atoms with Crippen LogP contribution < -0.4 is 14.8 Å². The summed E-state index contributed by atoms with van der Waals surface area (Å²) in [7, 11) is 0. The van der Waals surface area contributed by atoms with E-state index in [1.807, 2.05) is 18.2 Å². The summed E-state index contributed by atoms with van der Waals surface area (Å²) in [6.07, 6.45) is 2.14. The third-order valence-corrected chi connectivity index (χ3v) is 5.59. The van der Waals surface area contributed by atoms with Crippen LogP contribution in [-0.4, -0.2) is 22.9 Å². The molecule has 6 nitrogen and oxygen atoms in total. The van der Waals surface area contributed by atoms with E-state index in [1.54, 1.807) is 18.2 Å². The van der Waals surface area contributed by atoms with Crippen molar-refractivity contribution in [1.82, 2.24) is 10.2 Å². The number of nitrogens with one attached hydrogen (secondary N) is 2. The van der Waals surface area contributed by atoms with Crippen molar-refractivity contribution >= 4 is 34.8 Å². The molecule has 1 aliphatic heterocycles. The Morgan fingerprint density at radius 1 is 1.07 bits per heavy atom. The van der Waals surface area contributed by atoms with Gasteiger partial charge < -0.3 is 14.8 Å². The smallest absolute Gasteiger partial charge is 0.255 e. The number of aromatic nitrogens is 2. The average molecular weight is 416 g/mol. The summed E-state index contributed by atoms with van der Waals surface area (Å²) in [5.41, 5.74) is 3.53. The second-order valence-electron chi connectivity index (χ2n) is 6.79. The number of benzene rings is 2. The first-order chi connectivity index (χ1) is 13.6. The molecular formula is C20H15Cl2N3O3. The molecule has 2 heterocycles. The zero-order valence-electron chi connectivity index (χ0n) is 14.6. The molecule has 1 amide bonds. The zero-order valence-corrected chi connectivity index (χ0v) is 16.1. The molecule has 1 aromatic heterocycles. The molecule has 0 saturated heterocycles. The van der Waals surface area contributed by atoms with Gasteiger partial charge in [0.15, 0.2) is 11.5 Å². The topological polar surface area (TPSA) is 76.2 Å². The van der Waals surface area contributed by atoms with E-state index in [4.69, 9.17) is 32.7 Å². The van der Waals surface area contributed by atoms with E-state index in [9.17, 15) is 4.79 Å². The maximum atomic E-state index is 12.8. The lowest BCUT2D eigenvalue weighted by molar-refractivity contribution is 0.102. The van der Waals surface area contributed by atoms with Gasteiger partial charge in [0, 0.05) is 17.0 Å². The van der Waals surface area contributed by atoms with E-state index < -0.39 is 0 Å². The number of hydrogen-bond acceptors (Lipinski definition) is 4. The fraction of sp³-hybridized carbons (Fsp3) is 0.200. The first-order valence-electron chi connectivity index (χ1n) is 8.85. The van der Waals surface area contributed by atoms with Crippen molar-refractivity contribution < 1.29 is 14.3 Å². The molecule has 0 bridgehead atoms. The fourth-order valence-electron chi connectivity index (χ4n) is 3.23. The molecule has 0 unspecified atom stereocenters. The molecular weight excluding hydrogens is 401 g/mol. The van der Waals surface area contributed by atoms with Gasteiger partial charge in [0.05, 0.1) is 21.4 Å². The Hall–Kier alpha value is -2.70. The Bertz CT molecular complexity index is 1090. The van der Waals surface area contributed by atoms with E-state index in [0.717, 1.165) is 24.1 Å². The minimum absolute atomic E-state index is 0.202. The molecule has 8 heteroatoms. The second-order valence-corrected chi connectivity index (χ2v) is 7.60. The van der Waals surface area contributed by atoms with Crippen LogP contribution in [0.2, 0.25) is 10.0 Å². The predicted molar refractivity (Wildman–Crippen MR) is 107 cm³/mol. The number of halogens is 2. The molecule has 3 aromatic rings. The zero-order chi connectivity index (χ0) is 19.3. The molecule has 2 N–H and O–H groups in total. The minimum Gasteiger partial charge on any atom is -0.454 e. The number of anilines is 1. The Morgan fingerprint density at radius 2 is 1.89 bits per heavy atom. The normalized spacial score (nSPS) is 14.9.